The number of carbonyl (C=O) groups is 1. The van der Waals surface area contributed by atoms with Gasteiger partial charge in [-0.25, -0.2) is 13.2 Å². The average Bonchev–Trinajstić information content (AvgIpc) is 2.80. The molecule has 0 aliphatic carbocycles. The van der Waals surface area contributed by atoms with Crippen molar-refractivity contribution in [1.82, 2.24) is 0 Å². The topological polar surface area (TPSA) is 82.1 Å². The number of hydrogen-bond donors (Lipinski definition) is 0. The Hall–Kier alpha value is -3.52. The largest absolute Gasteiger partial charge is 0.497 e. The summed E-state index contributed by atoms with van der Waals surface area (Å²) >= 11 is 0. The van der Waals surface area contributed by atoms with Gasteiger partial charge in [0.25, 0.3) is 10.0 Å². The van der Waals surface area contributed by atoms with Gasteiger partial charge in [0, 0.05) is 7.05 Å². The Labute approximate surface area is 188 Å². The van der Waals surface area contributed by atoms with Gasteiger partial charge in [0.1, 0.15) is 22.8 Å². The molecule has 8 heteroatoms. The standard InChI is InChI=1S/C24H25NO6S/c1-16-6-12-21(14-17(16)2)32(27,28)25(3)18-7-9-19(10-8-18)31-24(26)22-15-20(29-4)11-13-23(22)30-5/h6-15H,1-5H3. The van der Waals surface area contributed by atoms with Crippen LogP contribution >= 0.6 is 0 Å². The minimum Gasteiger partial charge on any atom is -0.497 e. The number of esters is 1. The van der Waals surface area contributed by atoms with Crippen LogP contribution in [0.5, 0.6) is 17.2 Å². The molecule has 0 fully saturated rings. The van der Waals surface area contributed by atoms with E-state index in [0.29, 0.717) is 17.2 Å². The SMILES string of the molecule is COc1ccc(OC)c(C(=O)Oc2ccc(N(C)S(=O)(=O)c3ccc(C)c(C)c3)cc2)c1. The maximum Gasteiger partial charge on any atom is 0.347 e. The summed E-state index contributed by atoms with van der Waals surface area (Å²) in [4.78, 5) is 12.8. The predicted octanol–water partition coefficient (Wildman–Crippen LogP) is 4.36. The van der Waals surface area contributed by atoms with E-state index in [1.165, 1.54) is 43.8 Å². The molecule has 0 radical (unpaired) electrons. The molecule has 0 saturated heterocycles. The molecule has 0 atom stereocenters. The van der Waals surface area contributed by atoms with Crippen LogP contribution in [0, 0.1) is 13.8 Å². The molecule has 32 heavy (non-hydrogen) atoms. The fourth-order valence-electron chi connectivity index (χ4n) is 3.03. The van der Waals surface area contributed by atoms with Crippen molar-refractivity contribution >= 4 is 21.7 Å². The Balaban J connectivity index is 1.80. The third kappa shape index (κ3) is 4.70. The Morgan fingerprint density at radius 2 is 1.47 bits per heavy atom. The third-order valence-electron chi connectivity index (χ3n) is 5.17. The number of nitrogens with zero attached hydrogens (tertiary/aromatic N) is 1. The Bertz CT molecular complexity index is 1240. The van der Waals surface area contributed by atoms with Crippen LogP contribution in [0.3, 0.4) is 0 Å². The van der Waals surface area contributed by atoms with Crippen molar-refractivity contribution in [2.75, 3.05) is 25.6 Å². The summed E-state index contributed by atoms with van der Waals surface area (Å²) in [5.74, 6) is 0.489. The minimum absolute atomic E-state index is 0.212. The van der Waals surface area contributed by atoms with Crippen LogP contribution in [0.15, 0.2) is 65.6 Å². The van der Waals surface area contributed by atoms with E-state index in [4.69, 9.17) is 14.2 Å². The minimum atomic E-state index is -3.73. The van der Waals surface area contributed by atoms with Gasteiger partial charge in [-0.2, -0.15) is 0 Å². The molecule has 0 spiro atoms. The van der Waals surface area contributed by atoms with Crippen molar-refractivity contribution in [3.63, 3.8) is 0 Å². The van der Waals surface area contributed by atoms with Gasteiger partial charge >= 0.3 is 5.97 Å². The lowest BCUT2D eigenvalue weighted by Crippen LogP contribution is -2.26. The summed E-state index contributed by atoms with van der Waals surface area (Å²) in [6.45, 7) is 3.80. The van der Waals surface area contributed by atoms with Crippen molar-refractivity contribution < 1.29 is 27.4 Å². The number of sulfonamides is 1. The normalized spacial score (nSPS) is 11.0. The van der Waals surface area contributed by atoms with Gasteiger partial charge < -0.3 is 14.2 Å². The molecule has 3 aromatic rings. The zero-order valence-electron chi connectivity index (χ0n) is 18.6. The summed E-state index contributed by atoms with van der Waals surface area (Å²) in [6, 6.07) is 16.1. The molecule has 7 nitrogen and oxygen atoms in total. The molecular weight excluding hydrogens is 430 g/mol. The van der Waals surface area contributed by atoms with E-state index in [9.17, 15) is 13.2 Å². The average molecular weight is 456 g/mol. The highest BCUT2D eigenvalue weighted by Gasteiger charge is 2.22. The summed E-state index contributed by atoms with van der Waals surface area (Å²) in [6.07, 6.45) is 0. The van der Waals surface area contributed by atoms with E-state index < -0.39 is 16.0 Å². The Morgan fingerprint density at radius 3 is 2.06 bits per heavy atom. The third-order valence-corrected chi connectivity index (χ3v) is 6.96. The van der Waals surface area contributed by atoms with Gasteiger partial charge in [-0.05, 0) is 79.6 Å². The van der Waals surface area contributed by atoms with Crippen LogP contribution in [-0.4, -0.2) is 35.7 Å². The second kappa shape index (κ2) is 9.32. The number of rotatable bonds is 7. The second-order valence-electron chi connectivity index (χ2n) is 7.17. The first-order valence-electron chi connectivity index (χ1n) is 9.78. The van der Waals surface area contributed by atoms with Gasteiger partial charge in [-0.3, -0.25) is 4.31 Å². The molecule has 0 aromatic heterocycles. The molecule has 0 amide bonds. The molecule has 0 bridgehead atoms. The predicted molar refractivity (Wildman–Crippen MR) is 122 cm³/mol. The number of carbonyl (C=O) groups excluding carboxylic acids is 1. The molecule has 0 N–H and O–H groups in total. The van der Waals surface area contributed by atoms with Crippen molar-refractivity contribution in [1.29, 1.82) is 0 Å². The molecule has 3 aromatic carbocycles. The van der Waals surface area contributed by atoms with Gasteiger partial charge in [0.05, 0.1) is 24.8 Å². The molecule has 0 saturated carbocycles. The lowest BCUT2D eigenvalue weighted by molar-refractivity contribution is 0.0731. The van der Waals surface area contributed by atoms with E-state index in [-0.39, 0.29) is 16.2 Å². The molecular formula is C24H25NO6S. The van der Waals surface area contributed by atoms with Gasteiger partial charge in [-0.15, -0.1) is 0 Å². The van der Waals surface area contributed by atoms with Crippen LogP contribution in [0.2, 0.25) is 0 Å². The van der Waals surface area contributed by atoms with E-state index >= 15 is 0 Å². The number of hydrogen-bond acceptors (Lipinski definition) is 6. The number of anilines is 1. The maximum atomic E-state index is 13.0. The van der Waals surface area contributed by atoms with Crippen LogP contribution in [0.25, 0.3) is 0 Å². The smallest absolute Gasteiger partial charge is 0.347 e. The maximum absolute atomic E-state index is 13.0. The first-order valence-corrected chi connectivity index (χ1v) is 11.2. The molecule has 168 valence electrons. The molecule has 0 aliphatic rings. The summed E-state index contributed by atoms with van der Waals surface area (Å²) in [5, 5.41) is 0. The molecule has 0 heterocycles. The number of aryl methyl sites for hydroxylation is 2. The first kappa shape index (κ1) is 23.1. The highest BCUT2D eigenvalue weighted by atomic mass is 32.2. The lowest BCUT2D eigenvalue weighted by atomic mass is 10.1. The van der Waals surface area contributed by atoms with Crippen LogP contribution in [0.4, 0.5) is 5.69 Å². The van der Waals surface area contributed by atoms with E-state index in [1.807, 2.05) is 13.8 Å². The van der Waals surface area contributed by atoms with Crippen LogP contribution in [0.1, 0.15) is 21.5 Å². The van der Waals surface area contributed by atoms with Crippen LogP contribution in [-0.2, 0) is 10.0 Å². The van der Waals surface area contributed by atoms with E-state index in [0.717, 1.165) is 11.1 Å². The second-order valence-corrected chi connectivity index (χ2v) is 9.14. The molecule has 0 aliphatic heterocycles. The van der Waals surface area contributed by atoms with Crippen molar-refractivity contribution in [3.05, 3.63) is 77.4 Å². The number of benzene rings is 3. The fraction of sp³-hybridized carbons (Fsp3) is 0.208. The fourth-order valence-corrected chi connectivity index (χ4v) is 4.31. The molecule has 3 rings (SSSR count). The van der Waals surface area contributed by atoms with Crippen LogP contribution < -0.4 is 18.5 Å². The van der Waals surface area contributed by atoms with Gasteiger partial charge in [-0.1, -0.05) is 6.07 Å². The zero-order valence-corrected chi connectivity index (χ0v) is 19.4. The summed E-state index contributed by atoms with van der Waals surface area (Å²) in [7, 11) is 0.703. The van der Waals surface area contributed by atoms with Crippen molar-refractivity contribution in [3.8, 4) is 17.2 Å². The van der Waals surface area contributed by atoms with E-state index in [1.54, 1.807) is 42.5 Å². The lowest BCUT2D eigenvalue weighted by Gasteiger charge is -2.20. The van der Waals surface area contributed by atoms with Gasteiger partial charge in [0.2, 0.25) is 0 Å². The van der Waals surface area contributed by atoms with Crippen molar-refractivity contribution in [2.24, 2.45) is 0 Å². The quantitative estimate of drug-likeness (QED) is 0.389. The van der Waals surface area contributed by atoms with E-state index in [2.05, 4.69) is 0 Å². The summed E-state index contributed by atoms with van der Waals surface area (Å²) < 4.78 is 43.0. The van der Waals surface area contributed by atoms with Gasteiger partial charge in [0.15, 0.2) is 0 Å². The zero-order chi connectivity index (χ0) is 23.5. The first-order chi connectivity index (χ1) is 15.2. The number of ether oxygens (including phenoxy) is 3. The Morgan fingerprint density at radius 1 is 0.812 bits per heavy atom. The number of methoxy groups -OCH3 is 2. The highest BCUT2D eigenvalue weighted by molar-refractivity contribution is 7.92. The highest BCUT2D eigenvalue weighted by Crippen LogP contribution is 2.28. The summed E-state index contributed by atoms with van der Waals surface area (Å²) in [5.41, 5.74) is 2.56. The van der Waals surface area contributed by atoms with Crippen molar-refractivity contribution in [2.45, 2.75) is 18.7 Å². The Kier molecular flexibility index (Phi) is 6.74. The monoisotopic (exact) mass is 455 g/mol. The molecule has 0 unspecified atom stereocenters.